The normalized spacial score (nSPS) is 23.6. The zero-order valence-electron chi connectivity index (χ0n) is 33.7. The Morgan fingerprint density at radius 2 is 1.07 bits per heavy atom. The lowest BCUT2D eigenvalue weighted by Crippen LogP contribution is -2.46. The number of aryl methyl sites for hydroxylation is 1. The van der Waals surface area contributed by atoms with Crippen molar-refractivity contribution in [1.29, 1.82) is 0 Å². The first-order valence-corrected chi connectivity index (χ1v) is 23.2. The van der Waals surface area contributed by atoms with E-state index in [2.05, 4.69) is 73.1 Å². The summed E-state index contributed by atoms with van der Waals surface area (Å²) >= 11 is 3.41. The molecule has 58 heavy (non-hydrogen) atoms. The molecule has 4 aliphatic rings. The summed E-state index contributed by atoms with van der Waals surface area (Å²) in [6.45, 7) is 10.1. The van der Waals surface area contributed by atoms with Crippen LogP contribution in [0.15, 0.2) is 49.1 Å². The lowest BCUT2D eigenvalue weighted by molar-refractivity contribution is -0.00131. The number of aliphatic hydroxyl groups excluding tert-OH is 1. The number of nitrogens with zero attached hydrogens (tertiary/aromatic N) is 6. The Kier molecular flexibility index (Phi) is 12.9. The number of rotatable bonds is 10. The maximum Gasteiger partial charge on any atom is 0.226 e. The zero-order valence-corrected chi connectivity index (χ0v) is 35.3. The molecule has 308 valence electrons. The number of hydrogen-bond acceptors (Lipinski definition) is 13. The topological polar surface area (TPSA) is 115 Å². The van der Waals surface area contributed by atoms with E-state index >= 15 is 0 Å². The molecule has 13 heteroatoms. The van der Waals surface area contributed by atoms with Crippen LogP contribution in [0.4, 0.5) is 0 Å². The van der Waals surface area contributed by atoms with Crippen LogP contribution in [0.5, 0.6) is 11.8 Å². The van der Waals surface area contributed by atoms with Crippen molar-refractivity contribution in [2.45, 2.75) is 102 Å². The van der Waals surface area contributed by atoms with Gasteiger partial charge in [0.05, 0.1) is 37.2 Å². The van der Waals surface area contributed by atoms with Crippen molar-refractivity contribution in [2.75, 3.05) is 59.2 Å². The average molecular weight is 825 g/mol. The van der Waals surface area contributed by atoms with E-state index in [0.29, 0.717) is 24.4 Å². The van der Waals surface area contributed by atoms with Crippen molar-refractivity contribution in [3.8, 4) is 11.8 Å². The van der Waals surface area contributed by atoms with Crippen molar-refractivity contribution in [3.63, 3.8) is 0 Å². The molecule has 4 aromatic heterocycles. The molecule has 2 saturated heterocycles. The summed E-state index contributed by atoms with van der Waals surface area (Å²) in [5, 5.41) is 13.8. The number of aromatic nitrogens is 4. The van der Waals surface area contributed by atoms with Gasteiger partial charge < -0.3 is 24.1 Å². The van der Waals surface area contributed by atoms with Crippen LogP contribution < -0.4 is 9.47 Å². The molecule has 4 fully saturated rings. The summed E-state index contributed by atoms with van der Waals surface area (Å²) in [6.07, 6.45) is 15.7. The van der Waals surface area contributed by atoms with Gasteiger partial charge in [-0.05, 0) is 99.6 Å². The first-order chi connectivity index (χ1) is 28.6. The number of morpholine rings is 2. The largest absolute Gasteiger partial charge is 0.474 e. The molecule has 0 unspecified atom stereocenters. The molecule has 6 aromatic rings. The van der Waals surface area contributed by atoms with Crippen LogP contribution in [-0.4, -0.2) is 118 Å². The van der Waals surface area contributed by atoms with Crippen molar-refractivity contribution in [2.24, 2.45) is 0 Å². The van der Waals surface area contributed by atoms with E-state index in [-0.39, 0.29) is 18.8 Å². The third-order valence-electron chi connectivity index (χ3n) is 12.5. The first kappa shape index (κ1) is 39.9. The Bertz CT molecular complexity index is 2110. The minimum absolute atomic E-state index is 0.153. The second kappa shape index (κ2) is 18.8. The second-order valence-electron chi connectivity index (χ2n) is 16.2. The number of fused-ring (bicyclic) bond motifs is 6. The summed E-state index contributed by atoms with van der Waals surface area (Å²) in [4.78, 5) is 25.2. The van der Waals surface area contributed by atoms with Gasteiger partial charge in [-0.15, -0.1) is 22.7 Å². The van der Waals surface area contributed by atoms with Gasteiger partial charge in [-0.3, -0.25) is 9.80 Å². The SMILES string of the molecule is CCCc1ccc2sc3ncnc(OC4CCC(N5CCOCC5)CC4)c3c2c1.OCCc1ccc2sc3ncnc(OC4CCC(N5CCOCC5)CC4)c3c2c1. The van der Waals surface area contributed by atoms with Crippen molar-refractivity contribution in [1.82, 2.24) is 29.7 Å². The van der Waals surface area contributed by atoms with Gasteiger partial charge in [-0.1, -0.05) is 25.5 Å². The molecule has 0 radical (unpaired) electrons. The highest BCUT2D eigenvalue weighted by Crippen LogP contribution is 2.40. The fourth-order valence-electron chi connectivity index (χ4n) is 9.42. The van der Waals surface area contributed by atoms with Crippen LogP contribution in [0.3, 0.4) is 0 Å². The Balaban J connectivity index is 0.000000150. The molecule has 1 N–H and O–H groups in total. The fourth-order valence-corrected chi connectivity index (χ4v) is 11.4. The molecule has 2 aliphatic carbocycles. The fraction of sp³-hybridized carbons (Fsp3) is 0.556. The third-order valence-corrected chi connectivity index (χ3v) is 14.7. The van der Waals surface area contributed by atoms with E-state index in [9.17, 15) is 5.11 Å². The van der Waals surface area contributed by atoms with Crippen molar-refractivity contribution >= 4 is 63.3 Å². The average Bonchev–Trinajstić information content (AvgIpc) is 3.84. The molecule has 6 heterocycles. The number of aliphatic hydroxyl groups is 1. The minimum atomic E-state index is 0.153. The standard InChI is InChI=1S/C23H29N3O2S.C22H27N3O3S/c1-2-3-16-4-9-20-19(14-16)21-22(24-15-25-23(21)29-20)28-18-7-5-17(6-8-18)26-10-12-27-13-11-26;26-10-7-15-1-6-19-18(13-15)20-21(23-14-24-22(20)29-19)28-17-4-2-16(3-5-17)25-8-11-27-12-9-25/h4,9,14-15,17-18H,2-3,5-8,10-13H2,1H3;1,6,13-14,16-17,26H,2-5,7-12H2. The molecule has 11 nitrogen and oxygen atoms in total. The predicted octanol–water partition coefficient (Wildman–Crippen LogP) is 8.22. The van der Waals surface area contributed by atoms with E-state index < -0.39 is 0 Å². The lowest BCUT2D eigenvalue weighted by Gasteiger charge is -2.38. The highest BCUT2D eigenvalue weighted by atomic mass is 32.1. The summed E-state index contributed by atoms with van der Waals surface area (Å²) in [5.74, 6) is 1.47. The maximum atomic E-state index is 9.29. The summed E-state index contributed by atoms with van der Waals surface area (Å²) < 4.78 is 26.4. The van der Waals surface area contributed by atoms with Gasteiger partial charge in [0.1, 0.15) is 34.5 Å². The molecule has 2 saturated carbocycles. The maximum absolute atomic E-state index is 9.29. The van der Waals surface area contributed by atoms with E-state index in [1.807, 2.05) is 0 Å². The Hall–Kier alpha value is -3.56. The van der Waals surface area contributed by atoms with Gasteiger partial charge in [0.25, 0.3) is 0 Å². The number of hydrogen-bond donors (Lipinski definition) is 1. The molecule has 10 rings (SSSR count). The highest BCUT2D eigenvalue weighted by Gasteiger charge is 2.30. The highest BCUT2D eigenvalue weighted by molar-refractivity contribution is 7.25. The first-order valence-electron chi connectivity index (χ1n) is 21.5. The molecule has 0 amide bonds. The van der Waals surface area contributed by atoms with Crippen molar-refractivity contribution < 1.29 is 24.1 Å². The monoisotopic (exact) mass is 824 g/mol. The van der Waals surface area contributed by atoms with Crippen LogP contribution in [0, 0.1) is 0 Å². The number of benzene rings is 2. The molecular weight excluding hydrogens is 769 g/mol. The minimum Gasteiger partial charge on any atom is -0.474 e. The second-order valence-corrected chi connectivity index (χ2v) is 18.3. The van der Waals surface area contributed by atoms with Gasteiger partial charge in [-0.25, -0.2) is 19.9 Å². The zero-order chi connectivity index (χ0) is 39.3. The Morgan fingerprint density at radius 3 is 1.50 bits per heavy atom. The molecule has 0 spiro atoms. The van der Waals surface area contributed by atoms with E-state index in [4.69, 9.17) is 18.9 Å². The van der Waals surface area contributed by atoms with Gasteiger partial charge in [0.2, 0.25) is 11.8 Å². The number of thiophene rings is 2. The van der Waals surface area contributed by atoms with Crippen LogP contribution in [0.2, 0.25) is 0 Å². The summed E-state index contributed by atoms with van der Waals surface area (Å²) in [7, 11) is 0. The summed E-state index contributed by atoms with van der Waals surface area (Å²) in [5.41, 5.74) is 2.50. The lowest BCUT2D eigenvalue weighted by atomic mass is 9.91. The van der Waals surface area contributed by atoms with Crippen LogP contribution in [0.1, 0.15) is 75.8 Å². The van der Waals surface area contributed by atoms with Gasteiger partial charge >= 0.3 is 0 Å². The molecule has 2 aliphatic heterocycles. The Labute approximate surface area is 348 Å². The quantitative estimate of drug-likeness (QED) is 0.144. The summed E-state index contributed by atoms with van der Waals surface area (Å²) in [6, 6.07) is 14.5. The van der Waals surface area contributed by atoms with E-state index in [0.717, 1.165) is 128 Å². The molecule has 0 bridgehead atoms. The molecule has 2 aromatic carbocycles. The van der Waals surface area contributed by atoms with E-state index in [1.54, 1.807) is 35.3 Å². The van der Waals surface area contributed by atoms with Crippen LogP contribution in [0.25, 0.3) is 40.6 Å². The number of ether oxygens (including phenoxy) is 4. The van der Waals surface area contributed by atoms with Gasteiger partial charge in [0, 0.05) is 65.0 Å². The Morgan fingerprint density at radius 1 is 0.621 bits per heavy atom. The van der Waals surface area contributed by atoms with Crippen molar-refractivity contribution in [3.05, 3.63) is 60.2 Å². The molecule has 0 atom stereocenters. The van der Waals surface area contributed by atoms with Gasteiger partial charge in [0.15, 0.2) is 0 Å². The predicted molar refractivity (Wildman–Crippen MR) is 233 cm³/mol. The van der Waals surface area contributed by atoms with Crippen LogP contribution >= 0.6 is 22.7 Å². The molecular formula is C45H56N6O5S2. The van der Waals surface area contributed by atoms with E-state index in [1.165, 1.54) is 46.0 Å². The third kappa shape index (κ3) is 8.96. The van der Waals surface area contributed by atoms with Gasteiger partial charge in [-0.2, -0.15) is 0 Å². The smallest absolute Gasteiger partial charge is 0.226 e. The van der Waals surface area contributed by atoms with Crippen LogP contribution in [-0.2, 0) is 22.3 Å².